The number of fused-ring (bicyclic) bond motifs is 1. The monoisotopic (exact) mass is 308 g/mol. The van der Waals surface area contributed by atoms with E-state index in [1.165, 1.54) is 24.1 Å². The minimum atomic E-state index is 0.427. The van der Waals surface area contributed by atoms with Gasteiger partial charge in [-0.15, -0.1) is 0 Å². The van der Waals surface area contributed by atoms with Crippen molar-refractivity contribution in [3.63, 3.8) is 0 Å². The lowest BCUT2D eigenvalue weighted by molar-refractivity contribution is 0.494. The number of rotatable bonds is 3. The molecule has 0 radical (unpaired) electrons. The van der Waals surface area contributed by atoms with Crippen LogP contribution in [0.1, 0.15) is 42.5 Å². The Morgan fingerprint density at radius 2 is 2.13 bits per heavy atom. The van der Waals surface area contributed by atoms with Gasteiger partial charge in [-0.05, 0) is 37.8 Å². The normalized spacial score (nSPS) is 21.4. The molecule has 1 saturated heterocycles. The Hall–Kier alpha value is -2.37. The molecular formula is C17H20N6. The first-order chi connectivity index (χ1) is 11.3. The van der Waals surface area contributed by atoms with E-state index in [2.05, 4.69) is 38.9 Å². The summed E-state index contributed by atoms with van der Waals surface area (Å²) in [5, 5.41) is 9.20. The summed E-state index contributed by atoms with van der Waals surface area (Å²) in [6.45, 7) is 4.06. The van der Waals surface area contributed by atoms with Gasteiger partial charge in [0.15, 0.2) is 5.82 Å². The van der Waals surface area contributed by atoms with Crippen LogP contribution in [0.5, 0.6) is 0 Å². The van der Waals surface area contributed by atoms with Crippen LogP contribution in [-0.2, 0) is 0 Å². The summed E-state index contributed by atoms with van der Waals surface area (Å²) in [6.07, 6.45) is 11.5. The minimum Gasteiger partial charge on any atom is -0.353 e. The number of nitrogens with zero attached hydrogens (tertiary/aromatic N) is 6. The van der Waals surface area contributed by atoms with Crippen molar-refractivity contribution in [2.24, 2.45) is 0 Å². The van der Waals surface area contributed by atoms with E-state index in [9.17, 15) is 0 Å². The molecule has 0 spiro atoms. The Morgan fingerprint density at radius 3 is 2.91 bits per heavy atom. The number of anilines is 1. The van der Waals surface area contributed by atoms with Crippen molar-refractivity contribution >= 4 is 11.3 Å². The molecule has 1 aliphatic heterocycles. The van der Waals surface area contributed by atoms with Gasteiger partial charge in [-0.3, -0.25) is 4.68 Å². The summed E-state index contributed by atoms with van der Waals surface area (Å²) in [5.41, 5.74) is 3.57. The van der Waals surface area contributed by atoms with Crippen molar-refractivity contribution in [1.82, 2.24) is 24.4 Å². The highest BCUT2D eigenvalue weighted by Gasteiger charge is 2.29. The van der Waals surface area contributed by atoms with Crippen LogP contribution >= 0.6 is 0 Å². The summed E-state index contributed by atoms with van der Waals surface area (Å²) in [4.78, 5) is 7.02. The molecule has 1 unspecified atom stereocenters. The summed E-state index contributed by atoms with van der Waals surface area (Å²) in [7, 11) is 0. The van der Waals surface area contributed by atoms with Crippen LogP contribution in [0.2, 0.25) is 0 Å². The lowest BCUT2D eigenvalue weighted by Gasteiger charge is -2.18. The lowest BCUT2D eigenvalue weighted by Crippen LogP contribution is -2.22. The highest BCUT2D eigenvalue weighted by molar-refractivity contribution is 5.69. The van der Waals surface area contributed by atoms with Crippen molar-refractivity contribution < 1.29 is 0 Å². The second-order valence-corrected chi connectivity index (χ2v) is 6.81. The average Bonchev–Trinajstić information content (AvgIpc) is 2.99. The zero-order valence-corrected chi connectivity index (χ0v) is 13.3. The van der Waals surface area contributed by atoms with E-state index in [0.717, 1.165) is 30.8 Å². The molecule has 6 heteroatoms. The van der Waals surface area contributed by atoms with Crippen molar-refractivity contribution in [2.45, 2.75) is 38.1 Å². The maximum absolute atomic E-state index is 4.72. The van der Waals surface area contributed by atoms with Gasteiger partial charge in [0.1, 0.15) is 5.52 Å². The van der Waals surface area contributed by atoms with Crippen LogP contribution in [0.3, 0.4) is 0 Å². The van der Waals surface area contributed by atoms with E-state index < -0.39 is 0 Å². The van der Waals surface area contributed by atoms with Gasteiger partial charge in [0.25, 0.3) is 0 Å². The first-order valence-corrected chi connectivity index (χ1v) is 8.38. The quantitative estimate of drug-likeness (QED) is 0.746. The molecule has 0 aromatic carbocycles. The molecule has 118 valence electrons. The third-order valence-electron chi connectivity index (χ3n) is 4.95. The first-order valence-electron chi connectivity index (χ1n) is 8.38. The molecule has 5 rings (SSSR count). The van der Waals surface area contributed by atoms with Crippen molar-refractivity contribution in [3.05, 3.63) is 42.1 Å². The molecule has 0 N–H and O–H groups in total. The zero-order chi connectivity index (χ0) is 15.4. The van der Waals surface area contributed by atoms with Crippen LogP contribution in [-0.4, -0.2) is 37.5 Å². The predicted molar refractivity (Wildman–Crippen MR) is 87.8 cm³/mol. The summed E-state index contributed by atoms with van der Waals surface area (Å²) in [6, 6.07) is 2.65. The predicted octanol–water partition coefficient (Wildman–Crippen LogP) is 2.56. The van der Waals surface area contributed by atoms with Gasteiger partial charge >= 0.3 is 0 Å². The standard InChI is InChI=1S/C17H20N6/c1-12-9-19-23(10-12)14-4-6-21(11-14)17-16-8-15(13-2-3-13)20-22(16)7-5-18-17/h5,7-10,13-14H,2-4,6,11H2,1H3. The van der Waals surface area contributed by atoms with Gasteiger partial charge in [0, 0.05) is 37.6 Å². The van der Waals surface area contributed by atoms with Crippen LogP contribution < -0.4 is 4.90 Å². The van der Waals surface area contributed by atoms with E-state index in [1.54, 1.807) is 0 Å². The van der Waals surface area contributed by atoms with Crippen molar-refractivity contribution in [3.8, 4) is 0 Å². The third-order valence-corrected chi connectivity index (χ3v) is 4.95. The number of aromatic nitrogens is 5. The second kappa shape index (κ2) is 4.81. The lowest BCUT2D eigenvalue weighted by atomic mass is 10.3. The molecule has 1 saturated carbocycles. The SMILES string of the molecule is Cc1cnn(C2CCN(c3nccn4nc(C5CC5)cc34)C2)c1. The fraction of sp³-hybridized carbons (Fsp3) is 0.471. The van der Waals surface area contributed by atoms with E-state index in [1.807, 2.05) is 23.1 Å². The Bertz CT molecular complexity index is 859. The smallest absolute Gasteiger partial charge is 0.154 e. The van der Waals surface area contributed by atoms with Gasteiger partial charge in [-0.1, -0.05) is 0 Å². The van der Waals surface area contributed by atoms with E-state index in [0.29, 0.717) is 12.0 Å². The largest absolute Gasteiger partial charge is 0.353 e. The Labute approximate surface area is 134 Å². The molecule has 4 heterocycles. The number of aryl methyl sites for hydroxylation is 1. The van der Waals surface area contributed by atoms with Gasteiger partial charge in [-0.25, -0.2) is 9.50 Å². The van der Waals surface area contributed by atoms with Crippen molar-refractivity contribution in [2.75, 3.05) is 18.0 Å². The number of hydrogen-bond donors (Lipinski definition) is 0. The van der Waals surface area contributed by atoms with E-state index >= 15 is 0 Å². The molecular weight excluding hydrogens is 288 g/mol. The van der Waals surface area contributed by atoms with E-state index in [-0.39, 0.29) is 0 Å². The maximum Gasteiger partial charge on any atom is 0.154 e. The summed E-state index contributed by atoms with van der Waals surface area (Å²) in [5.74, 6) is 1.72. The fourth-order valence-corrected chi connectivity index (χ4v) is 3.53. The molecule has 23 heavy (non-hydrogen) atoms. The van der Waals surface area contributed by atoms with Crippen LogP contribution in [0, 0.1) is 6.92 Å². The number of hydrogen-bond acceptors (Lipinski definition) is 4. The summed E-state index contributed by atoms with van der Waals surface area (Å²) < 4.78 is 4.09. The van der Waals surface area contributed by atoms with Crippen LogP contribution in [0.4, 0.5) is 5.82 Å². The molecule has 0 amide bonds. The maximum atomic E-state index is 4.72. The Kier molecular flexibility index (Phi) is 2.74. The molecule has 1 atom stereocenters. The molecule has 2 fully saturated rings. The van der Waals surface area contributed by atoms with E-state index in [4.69, 9.17) is 5.10 Å². The highest BCUT2D eigenvalue weighted by Crippen LogP contribution is 2.40. The van der Waals surface area contributed by atoms with Crippen LogP contribution in [0.15, 0.2) is 30.9 Å². The molecule has 2 aliphatic rings. The van der Waals surface area contributed by atoms with Gasteiger partial charge in [-0.2, -0.15) is 10.2 Å². The Balaban J connectivity index is 1.46. The van der Waals surface area contributed by atoms with Crippen LogP contribution in [0.25, 0.3) is 5.52 Å². The second-order valence-electron chi connectivity index (χ2n) is 6.81. The highest BCUT2D eigenvalue weighted by atomic mass is 15.3. The molecule has 3 aromatic rings. The van der Waals surface area contributed by atoms with Gasteiger partial charge in [0.05, 0.1) is 17.9 Å². The van der Waals surface area contributed by atoms with Crippen molar-refractivity contribution in [1.29, 1.82) is 0 Å². The molecule has 6 nitrogen and oxygen atoms in total. The third kappa shape index (κ3) is 2.20. The molecule has 3 aromatic heterocycles. The molecule has 1 aliphatic carbocycles. The zero-order valence-electron chi connectivity index (χ0n) is 13.3. The molecule has 0 bridgehead atoms. The summed E-state index contributed by atoms with van der Waals surface area (Å²) >= 11 is 0. The van der Waals surface area contributed by atoms with Gasteiger partial charge in [0.2, 0.25) is 0 Å². The first kappa shape index (κ1) is 13.1. The fourth-order valence-electron chi connectivity index (χ4n) is 3.53. The Morgan fingerprint density at radius 1 is 1.22 bits per heavy atom. The topological polar surface area (TPSA) is 51.2 Å². The average molecular weight is 308 g/mol. The van der Waals surface area contributed by atoms with Gasteiger partial charge < -0.3 is 4.90 Å². The minimum absolute atomic E-state index is 0.427.